The first-order valence-electron chi connectivity index (χ1n) is 13.5. The lowest BCUT2D eigenvalue weighted by molar-refractivity contribution is 0.745. The van der Waals surface area contributed by atoms with Gasteiger partial charge in [0.15, 0.2) is 0 Å². The highest BCUT2D eigenvalue weighted by atomic mass is 15.1. The van der Waals surface area contributed by atoms with Crippen molar-refractivity contribution in [1.82, 2.24) is 0 Å². The third-order valence-corrected chi connectivity index (χ3v) is 6.26. The second-order valence-electron chi connectivity index (χ2n) is 9.36. The summed E-state index contributed by atoms with van der Waals surface area (Å²) in [4.78, 5) is 10.1. The summed E-state index contributed by atoms with van der Waals surface area (Å²) in [6.07, 6.45) is 4.62. The summed E-state index contributed by atoms with van der Waals surface area (Å²) in [6.45, 7) is 15.4. The summed E-state index contributed by atoms with van der Waals surface area (Å²) in [5.74, 6) is 0. The number of benzene rings is 3. The van der Waals surface area contributed by atoms with Crippen LogP contribution in [0.25, 0.3) is 0 Å². The molecule has 3 nitrogen and oxygen atoms in total. The molecule has 0 aliphatic carbocycles. The fourth-order valence-electron chi connectivity index (χ4n) is 4.52. The van der Waals surface area contributed by atoms with Gasteiger partial charge in [-0.15, -0.1) is 0 Å². The molecule has 35 heavy (non-hydrogen) atoms. The van der Waals surface area contributed by atoms with Gasteiger partial charge < -0.3 is 9.80 Å². The molecule has 0 bridgehead atoms. The van der Waals surface area contributed by atoms with Gasteiger partial charge in [0.25, 0.3) is 0 Å². The maximum Gasteiger partial charge on any atom is 0.0781 e. The van der Waals surface area contributed by atoms with Crippen LogP contribution in [0.5, 0.6) is 0 Å². The van der Waals surface area contributed by atoms with Crippen molar-refractivity contribution in [1.29, 1.82) is 0 Å². The maximum atomic E-state index is 5.12. The lowest BCUT2D eigenvalue weighted by Crippen LogP contribution is -2.25. The second kappa shape index (κ2) is 13.7. The largest absolute Gasteiger partial charge is 0.372 e. The van der Waals surface area contributed by atoms with Gasteiger partial charge in [-0.25, -0.2) is 4.99 Å². The molecule has 0 unspecified atom stereocenters. The summed E-state index contributed by atoms with van der Waals surface area (Å²) in [5.41, 5.74) is 8.12. The molecular weight excluding hydrogens is 426 g/mol. The quantitative estimate of drug-likeness (QED) is 0.234. The number of anilines is 2. The molecule has 3 rings (SSSR count). The average molecular weight is 470 g/mol. The molecule has 186 valence electrons. The predicted molar refractivity (Wildman–Crippen MR) is 155 cm³/mol. The van der Waals surface area contributed by atoms with Crippen molar-refractivity contribution in [2.75, 3.05) is 36.0 Å². The van der Waals surface area contributed by atoms with Crippen LogP contribution < -0.4 is 9.80 Å². The summed E-state index contributed by atoms with van der Waals surface area (Å²) < 4.78 is 0. The van der Waals surface area contributed by atoms with Crippen molar-refractivity contribution in [3.05, 3.63) is 89.5 Å². The van der Waals surface area contributed by atoms with E-state index in [2.05, 4.69) is 117 Å². The standard InChI is InChI=1S/C32H43N3/c1-6-22-34(23-7-2)30-18-12-27(13-19-30)32(33-29-16-10-26(5)11-17-29)28-14-20-31(21-15-28)35(24-8-3)25-9-4/h10-21H,6-9,22-25H2,1-5H3. The lowest BCUT2D eigenvalue weighted by atomic mass is 10.0. The fourth-order valence-corrected chi connectivity index (χ4v) is 4.52. The Morgan fingerprint density at radius 2 is 0.914 bits per heavy atom. The third kappa shape index (κ3) is 7.45. The van der Waals surface area contributed by atoms with Crippen LogP contribution in [0.4, 0.5) is 17.1 Å². The molecule has 0 aliphatic rings. The summed E-state index contributed by atoms with van der Waals surface area (Å²) in [6, 6.07) is 26.4. The van der Waals surface area contributed by atoms with Gasteiger partial charge in [0.05, 0.1) is 11.4 Å². The SMILES string of the molecule is CCCN(CCC)c1ccc(C(=Nc2ccc(C)cc2)c2ccc(N(CCC)CCC)cc2)cc1. The Balaban J connectivity index is 1.98. The zero-order chi connectivity index (χ0) is 25.0. The molecule has 0 amide bonds. The van der Waals surface area contributed by atoms with E-state index in [0.29, 0.717) is 0 Å². The van der Waals surface area contributed by atoms with Crippen LogP contribution >= 0.6 is 0 Å². The second-order valence-corrected chi connectivity index (χ2v) is 9.36. The molecule has 0 saturated carbocycles. The first kappa shape index (κ1) is 26.5. The molecule has 0 radical (unpaired) electrons. The van der Waals surface area contributed by atoms with Gasteiger partial charge in [0.2, 0.25) is 0 Å². The van der Waals surface area contributed by atoms with Crippen molar-refractivity contribution in [3.8, 4) is 0 Å². The van der Waals surface area contributed by atoms with Crippen molar-refractivity contribution in [3.63, 3.8) is 0 Å². The van der Waals surface area contributed by atoms with Crippen LogP contribution in [0.3, 0.4) is 0 Å². The van der Waals surface area contributed by atoms with E-state index < -0.39 is 0 Å². The van der Waals surface area contributed by atoms with Crippen LogP contribution in [-0.2, 0) is 0 Å². The van der Waals surface area contributed by atoms with E-state index in [1.54, 1.807) is 0 Å². The lowest BCUT2D eigenvalue weighted by Gasteiger charge is -2.24. The zero-order valence-electron chi connectivity index (χ0n) is 22.4. The highest BCUT2D eigenvalue weighted by Crippen LogP contribution is 2.24. The highest BCUT2D eigenvalue weighted by Gasteiger charge is 2.12. The Hall–Kier alpha value is -3.07. The Morgan fingerprint density at radius 1 is 0.543 bits per heavy atom. The normalized spacial score (nSPS) is 10.8. The molecule has 0 heterocycles. The number of rotatable bonds is 13. The van der Waals surface area contributed by atoms with E-state index in [1.807, 2.05) is 0 Å². The van der Waals surface area contributed by atoms with Crippen molar-refractivity contribution in [2.45, 2.75) is 60.3 Å². The van der Waals surface area contributed by atoms with Crippen LogP contribution in [0.15, 0.2) is 77.8 Å². The molecule has 3 aromatic carbocycles. The minimum atomic E-state index is 0.982. The first-order valence-corrected chi connectivity index (χ1v) is 13.5. The number of hydrogen-bond acceptors (Lipinski definition) is 3. The molecule has 0 N–H and O–H groups in total. The Labute approximate surface area is 213 Å². The molecule has 0 atom stereocenters. The summed E-state index contributed by atoms with van der Waals surface area (Å²) >= 11 is 0. The van der Waals surface area contributed by atoms with Gasteiger partial charge in [-0.2, -0.15) is 0 Å². The Morgan fingerprint density at radius 3 is 1.26 bits per heavy atom. The molecular formula is C32H43N3. The van der Waals surface area contributed by atoms with Crippen molar-refractivity contribution < 1.29 is 0 Å². The van der Waals surface area contributed by atoms with Gasteiger partial charge in [-0.3, -0.25) is 0 Å². The topological polar surface area (TPSA) is 18.8 Å². The van der Waals surface area contributed by atoms with Gasteiger partial charge >= 0.3 is 0 Å². The summed E-state index contributed by atoms with van der Waals surface area (Å²) in [7, 11) is 0. The minimum Gasteiger partial charge on any atom is -0.372 e. The minimum absolute atomic E-state index is 0.982. The smallest absolute Gasteiger partial charge is 0.0781 e. The van der Waals surface area contributed by atoms with Crippen LogP contribution in [-0.4, -0.2) is 31.9 Å². The number of aliphatic imine (C=N–C) groups is 1. The number of nitrogens with zero attached hydrogens (tertiary/aromatic N) is 3. The third-order valence-electron chi connectivity index (χ3n) is 6.26. The average Bonchev–Trinajstić information content (AvgIpc) is 2.88. The molecule has 0 fully saturated rings. The molecule has 3 heteroatoms. The van der Waals surface area contributed by atoms with E-state index >= 15 is 0 Å². The zero-order valence-corrected chi connectivity index (χ0v) is 22.4. The first-order chi connectivity index (χ1) is 17.1. The highest BCUT2D eigenvalue weighted by molar-refractivity contribution is 6.14. The van der Waals surface area contributed by atoms with Gasteiger partial charge in [0, 0.05) is 48.7 Å². The van der Waals surface area contributed by atoms with Crippen LogP contribution in [0.1, 0.15) is 70.1 Å². The van der Waals surface area contributed by atoms with Gasteiger partial charge in [-0.1, -0.05) is 69.7 Å². The van der Waals surface area contributed by atoms with E-state index in [-0.39, 0.29) is 0 Å². The predicted octanol–water partition coefficient (Wildman–Crippen LogP) is 8.42. The Bertz CT molecular complexity index is 960. The summed E-state index contributed by atoms with van der Waals surface area (Å²) in [5, 5.41) is 0. The molecule has 0 aromatic heterocycles. The van der Waals surface area contributed by atoms with Gasteiger partial charge in [0.1, 0.15) is 0 Å². The monoisotopic (exact) mass is 469 g/mol. The molecule has 0 spiro atoms. The van der Waals surface area contributed by atoms with E-state index in [0.717, 1.165) is 74.4 Å². The molecule has 0 aliphatic heterocycles. The number of aryl methyl sites for hydroxylation is 1. The van der Waals surface area contributed by atoms with Crippen LogP contribution in [0.2, 0.25) is 0 Å². The van der Waals surface area contributed by atoms with Gasteiger partial charge in [-0.05, 0) is 69.0 Å². The Kier molecular flexibility index (Phi) is 10.4. The maximum absolute atomic E-state index is 5.12. The van der Waals surface area contributed by atoms with Crippen molar-refractivity contribution >= 4 is 22.8 Å². The molecule has 0 saturated heterocycles. The van der Waals surface area contributed by atoms with E-state index in [1.165, 1.54) is 16.9 Å². The molecule has 3 aromatic rings. The van der Waals surface area contributed by atoms with E-state index in [4.69, 9.17) is 4.99 Å². The van der Waals surface area contributed by atoms with Crippen LogP contribution in [0, 0.1) is 6.92 Å². The number of hydrogen-bond donors (Lipinski definition) is 0. The van der Waals surface area contributed by atoms with Crippen molar-refractivity contribution in [2.24, 2.45) is 4.99 Å². The fraction of sp³-hybridized carbons (Fsp3) is 0.406. The van der Waals surface area contributed by atoms with E-state index in [9.17, 15) is 0 Å².